The molecule has 0 aliphatic carbocycles. The third-order valence-electron chi connectivity index (χ3n) is 3.30. The number of aromatic amines is 1. The van der Waals surface area contributed by atoms with Crippen molar-refractivity contribution in [3.63, 3.8) is 0 Å². The normalized spacial score (nSPS) is 20.8. The van der Waals surface area contributed by atoms with Crippen molar-refractivity contribution in [2.45, 2.75) is 24.0 Å². The molecule has 0 saturated carbocycles. The Morgan fingerprint density at radius 3 is 2.95 bits per heavy atom. The lowest BCUT2D eigenvalue weighted by Crippen LogP contribution is -2.30. The van der Waals surface area contributed by atoms with Crippen LogP contribution in [0.3, 0.4) is 0 Å². The molecule has 0 bridgehead atoms. The van der Waals surface area contributed by atoms with Crippen LogP contribution in [0.2, 0.25) is 0 Å². The fraction of sp³-hybridized carbons (Fsp3) is 0.385. The van der Waals surface area contributed by atoms with Crippen LogP contribution < -0.4 is 0 Å². The monoisotopic (exact) mass is 310 g/mol. The van der Waals surface area contributed by atoms with E-state index in [9.17, 15) is 8.94 Å². The van der Waals surface area contributed by atoms with Gasteiger partial charge in [0.05, 0.1) is 42.5 Å². The Bertz CT molecular complexity index is 566. The number of ether oxygens (including phenoxy) is 1. The van der Waals surface area contributed by atoms with Gasteiger partial charge in [-0.3, -0.25) is 5.10 Å². The van der Waals surface area contributed by atoms with E-state index in [-0.39, 0.29) is 11.9 Å². The summed E-state index contributed by atoms with van der Waals surface area (Å²) >= 11 is -1.27. The molecule has 1 aromatic carbocycles. The Hall–Kier alpha value is -1.48. The van der Waals surface area contributed by atoms with Crippen LogP contribution in [-0.2, 0) is 22.7 Å². The highest BCUT2D eigenvalue weighted by Crippen LogP contribution is 2.23. The van der Waals surface area contributed by atoms with Crippen LogP contribution in [0.1, 0.15) is 12.1 Å². The second kappa shape index (κ2) is 6.52. The van der Waals surface area contributed by atoms with Gasteiger partial charge in [-0.25, -0.2) is 4.39 Å². The molecule has 0 amide bonds. The zero-order valence-corrected chi connectivity index (χ0v) is 12.1. The molecule has 6 nitrogen and oxygen atoms in total. The van der Waals surface area contributed by atoms with Crippen LogP contribution >= 0.6 is 0 Å². The van der Waals surface area contributed by atoms with E-state index >= 15 is 0 Å². The number of aromatic nitrogens is 3. The zero-order chi connectivity index (χ0) is 14.7. The molecular weight excluding hydrogens is 295 g/mol. The molecule has 0 radical (unpaired) electrons. The number of benzene rings is 1. The molecule has 0 spiro atoms. The topological polar surface area (TPSA) is 77.1 Å². The highest BCUT2D eigenvalue weighted by Gasteiger charge is 2.32. The first-order chi connectivity index (χ1) is 10.2. The third kappa shape index (κ3) is 3.59. The number of hydrogen-bond donors (Lipinski definition) is 1. The van der Waals surface area contributed by atoms with E-state index in [0.29, 0.717) is 24.6 Å². The first kappa shape index (κ1) is 14.5. The molecule has 1 aliphatic heterocycles. The molecule has 2 aromatic rings. The van der Waals surface area contributed by atoms with Gasteiger partial charge in [0.15, 0.2) is 4.90 Å². The lowest BCUT2D eigenvalue weighted by Gasteiger charge is -2.19. The first-order valence-corrected chi connectivity index (χ1v) is 7.72. The predicted molar refractivity (Wildman–Crippen MR) is 74.0 cm³/mol. The highest BCUT2D eigenvalue weighted by atomic mass is 32.2. The maximum absolute atomic E-state index is 12.9. The Labute approximate surface area is 124 Å². The van der Waals surface area contributed by atoms with Gasteiger partial charge in [-0.15, -0.1) is 9.40 Å². The van der Waals surface area contributed by atoms with Crippen molar-refractivity contribution in [1.82, 2.24) is 19.7 Å². The smallest absolute Gasteiger partial charge is 0.174 e. The molecule has 2 unspecified atom stereocenters. The number of H-pyrrole nitrogens is 1. The molecule has 1 saturated heterocycles. The van der Waals surface area contributed by atoms with Gasteiger partial charge >= 0.3 is 0 Å². The van der Waals surface area contributed by atoms with Crippen LogP contribution in [0.15, 0.2) is 35.4 Å². The van der Waals surface area contributed by atoms with Crippen molar-refractivity contribution < 1.29 is 13.7 Å². The third-order valence-corrected chi connectivity index (χ3v) is 4.77. The van der Waals surface area contributed by atoms with Gasteiger partial charge in [-0.05, 0) is 30.7 Å². The van der Waals surface area contributed by atoms with Crippen LogP contribution in [0, 0.1) is 5.82 Å². The summed E-state index contributed by atoms with van der Waals surface area (Å²) in [7, 11) is 0. The second-order valence-electron chi connectivity index (χ2n) is 4.79. The van der Waals surface area contributed by atoms with E-state index in [1.54, 1.807) is 18.3 Å². The van der Waals surface area contributed by atoms with E-state index < -0.39 is 11.4 Å². The summed E-state index contributed by atoms with van der Waals surface area (Å²) in [4.78, 5) is 0.606. The van der Waals surface area contributed by atoms with Crippen LogP contribution in [0.4, 0.5) is 4.39 Å². The fourth-order valence-corrected chi connectivity index (χ4v) is 3.42. The van der Waals surface area contributed by atoms with Crippen molar-refractivity contribution >= 4 is 11.4 Å². The molecular formula is C13H15FN4O2S. The van der Waals surface area contributed by atoms with Gasteiger partial charge in [0.25, 0.3) is 0 Å². The highest BCUT2D eigenvalue weighted by molar-refractivity contribution is 7.89. The van der Waals surface area contributed by atoms with Crippen molar-refractivity contribution in [2.75, 3.05) is 13.1 Å². The van der Waals surface area contributed by atoms with E-state index in [1.165, 1.54) is 12.1 Å². The molecule has 112 valence electrons. The summed E-state index contributed by atoms with van der Waals surface area (Å²) in [5.41, 5.74) is 0.813. The molecule has 2 atom stereocenters. The average molecular weight is 310 g/mol. The zero-order valence-electron chi connectivity index (χ0n) is 11.2. The van der Waals surface area contributed by atoms with Gasteiger partial charge in [0.2, 0.25) is 0 Å². The molecule has 3 rings (SSSR count). The van der Waals surface area contributed by atoms with Crippen LogP contribution in [0.25, 0.3) is 0 Å². The first-order valence-electron chi connectivity index (χ1n) is 6.61. The number of hydrogen-bond acceptors (Lipinski definition) is 5. The fourth-order valence-electron chi connectivity index (χ4n) is 2.18. The lowest BCUT2D eigenvalue weighted by atomic mass is 10.3. The average Bonchev–Trinajstić information content (AvgIpc) is 3.17. The van der Waals surface area contributed by atoms with E-state index in [4.69, 9.17) is 4.74 Å². The second-order valence-corrected chi connectivity index (χ2v) is 6.28. The van der Waals surface area contributed by atoms with E-state index in [2.05, 4.69) is 15.4 Å². The summed E-state index contributed by atoms with van der Waals surface area (Å²) in [5, 5.41) is 10.0. The Morgan fingerprint density at radius 2 is 2.24 bits per heavy atom. The lowest BCUT2D eigenvalue weighted by molar-refractivity contribution is 0.0489. The Kier molecular flexibility index (Phi) is 4.49. The largest absolute Gasteiger partial charge is 0.593 e. The van der Waals surface area contributed by atoms with Crippen molar-refractivity contribution in [3.8, 4) is 0 Å². The van der Waals surface area contributed by atoms with Crippen molar-refractivity contribution in [2.24, 2.45) is 0 Å². The molecule has 1 N–H and O–H groups in total. The summed E-state index contributed by atoms with van der Waals surface area (Å²) in [5.74, 6) is -0.327. The molecule has 1 fully saturated rings. The molecule has 1 aliphatic rings. The number of nitrogens with one attached hydrogen (secondary N) is 1. The molecule has 1 aromatic heterocycles. The standard InChI is InChI=1S/C13H15FN4O2S/c14-10-1-3-13(4-2-10)21(19)18-6-5-12(8-18)20-9-11-7-15-17-16-11/h1-4,7,12H,5-6,8-9H2,(H,15,16,17). The minimum absolute atomic E-state index is 0.0256. The predicted octanol–water partition coefficient (Wildman–Crippen LogP) is 1.26. The quantitative estimate of drug-likeness (QED) is 0.841. The Balaban J connectivity index is 1.52. The van der Waals surface area contributed by atoms with Crippen molar-refractivity contribution in [1.29, 1.82) is 0 Å². The summed E-state index contributed by atoms with van der Waals surface area (Å²) in [6, 6.07) is 5.75. The number of nitrogens with zero attached hydrogens (tertiary/aromatic N) is 3. The van der Waals surface area contributed by atoms with Gasteiger partial charge in [-0.2, -0.15) is 0 Å². The Morgan fingerprint density at radius 1 is 1.43 bits per heavy atom. The van der Waals surface area contributed by atoms with Gasteiger partial charge < -0.3 is 9.29 Å². The molecule has 8 heteroatoms. The van der Waals surface area contributed by atoms with Crippen LogP contribution in [-0.4, -0.2) is 43.5 Å². The van der Waals surface area contributed by atoms with E-state index in [0.717, 1.165) is 12.1 Å². The maximum atomic E-state index is 12.9. The van der Waals surface area contributed by atoms with Gasteiger partial charge in [0.1, 0.15) is 5.82 Å². The summed E-state index contributed by atoms with van der Waals surface area (Å²) in [6.07, 6.45) is 2.45. The SMILES string of the molecule is [O-][S+](c1ccc(F)cc1)N1CCC(OCc2cnn[nH]2)C1. The van der Waals surface area contributed by atoms with Crippen LogP contribution in [0.5, 0.6) is 0 Å². The van der Waals surface area contributed by atoms with Gasteiger partial charge in [-0.1, -0.05) is 5.21 Å². The van der Waals surface area contributed by atoms with E-state index in [1.807, 2.05) is 4.31 Å². The number of rotatable bonds is 5. The molecule has 2 heterocycles. The molecule has 21 heavy (non-hydrogen) atoms. The van der Waals surface area contributed by atoms with Gasteiger partial charge in [0, 0.05) is 6.54 Å². The minimum Gasteiger partial charge on any atom is -0.593 e. The minimum atomic E-state index is -1.27. The maximum Gasteiger partial charge on any atom is 0.174 e. The summed E-state index contributed by atoms with van der Waals surface area (Å²) < 4.78 is 32.8. The number of halogens is 1. The van der Waals surface area contributed by atoms with Crippen molar-refractivity contribution in [3.05, 3.63) is 42.0 Å². The summed E-state index contributed by atoms with van der Waals surface area (Å²) in [6.45, 7) is 1.69.